The molecule has 2 saturated carbocycles. The van der Waals surface area contributed by atoms with E-state index in [-0.39, 0.29) is 18.3 Å². The van der Waals surface area contributed by atoms with Crippen molar-refractivity contribution in [2.24, 2.45) is 29.6 Å². The average Bonchev–Trinajstić information content (AvgIpc) is 3.30. The number of hydrogen-bond donors (Lipinski definition) is 0. The highest BCUT2D eigenvalue weighted by Crippen LogP contribution is 2.59. The van der Waals surface area contributed by atoms with Gasteiger partial charge in [-0.3, -0.25) is 14.4 Å². The maximum Gasteiger partial charge on any atom is 0.394 e. The van der Waals surface area contributed by atoms with Crippen LogP contribution in [0.5, 0.6) is 0 Å². The van der Waals surface area contributed by atoms with Crippen LogP contribution in [0.25, 0.3) is 0 Å². The fourth-order valence-electron chi connectivity index (χ4n) is 5.63. The Bertz CT molecular complexity index is 779. The zero-order valence-electron chi connectivity index (χ0n) is 17.7. The van der Waals surface area contributed by atoms with Crippen molar-refractivity contribution in [3.8, 4) is 0 Å². The first kappa shape index (κ1) is 24.2. The molecular formula is C21H25F5O7. The molecule has 2 bridgehead atoms. The van der Waals surface area contributed by atoms with Gasteiger partial charge in [0.2, 0.25) is 0 Å². The zero-order chi connectivity index (χ0) is 24.0. The number of fused-ring (bicyclic) bond motifs is 1. The number of esters is 3. The second-order valence-electron chi connectivity index (χ2n) is 9.30. The van der Waals surface area contributed by atoms with Crippen LogP contribution in [-0.4, -0.2) is 62.0 Å². The summed E-state index contributed by atoms with van der Waals surface area (Å²) in [7, 11) is 0. The van der Waals surface area contributed by atoms with Crippen LogP contribution >= 0.6 is 0 Å². The first-order valence-corrected chi connectivity index (χ1v) is 11.0. The van der Waals surface area contributed by atoms with Crippen molar-refractivity contribution in [3.63, 3.8) is 0 Å². The van der Waals surface area contributed by atoms with Gasteiger partial charge in [0.05, 0.1) is 18.4 Å². The summed E-state index contributed by atoms with van der Waals surface area (Å²) < 4.78 is 84.7. The van der Waals surface area contributed by atoms with Crippen LogP contribution in [0.15, 0.2) is 0 Å². The van der Waals surface area contributed by atoms with Crippen molar-refractivity contribution in [2.45, 2.75) is 62.8 Å². The van der Waals surface area contributed by atoms with Gasteiger partial charge >= 0.3 is 24.1 Å². The third-order valence-electron chi connectivity index (χ3n) is 7.05. The fraction of sp³-hybridized carbons (Fsp3) is 0.857. The van der Waals surface area contributed by atoms with Crippen molar-refractivity contribution in [3.05, 3.63) is 0 Å². The number of ether oxygens (including phenoxy) is 4. The van der Waals surface area contributed by atoms with Gasteiger partial charge in [-0.15, -0.1) is 0 Å². The number of carbonyl (C=O) groups excluding carboxylic acids is 3. The fourth-order valence-corrected chi connectivity index (χ4v) is 5.63. The molecule has 2 aliphatic heterocycles. The lowest BCUT2D eigenvalue weighted by molar-refractivity contribution is -0.193. The minimum atomic E-state index is -5.05. The van der Waals surface area contributed by atoms with Gasteiger partial charge in [-0.25, -0.2) is 8.78 Å². The molecule has 4 fully saturated rings. The van der Waals surface area contributed by atoms with Gasteiger partial charge < -0.3 is 18.9 Å². The maximum absolute atomic E-state index is 13.5. The lowest BCUT2D eigenvalue weighted by Crippen LogP contribution is -2.44. The molecule has 0 radical (unpaired) electrons. The maximum atomic E-state index is 13.5. The summed E-state index contributed by atoms with van der Waals surface area (Å²) in [4.78, 5) is 37.4. The summed E-state index contributed by atoms with van der Waals surface area (Å²) in [6.45, 7) is 0.197. The molecule has 2 aliphatic carbocycles. The standard InChI is InChI=1S/C21H25F5O7/c22-20(23,9-21(24,25)26)3-6-31-18(28)14-11-8-12-15(14)19(29)33-17(12)16(11)32-13(27)7-10-1-4-30-5-2-10/h10-12,14-17H,1-9H2. The van der Waals surface area contributed by atoms with E-state index >= 15 is 0 Å². The van der Waals surface area contributed by atoms with Crippen LogP contribution in [0, 0.1) is 29.6 Å². The van der Waals surface area contributed by atoms with Crippen LogP contribution in [0.3, 0.4) is 0 Å². The van der Waals surface area contributed by atoms with Crippen molar-refractivity contribution in [2.75, 3.05) is 19.8 Å². The third kappa shape index (κ3) is 5.25. The van der Waals surface area contributed by atoms with Crippen molar-refractivity contribution >= 4 is 17.9 Å². The van der Waals surface area contributed by atoms with Gasteiger partial charge in [0.25, 0.3) is 5.92 Å². The molecule has 0 aromatic heterocycles. The molecule has 2 heterocycles. The zero-order valence-corrected chi connectivity index (χ0v) is 17.7. The molecule has 4 rings (SSSR count). The topological polar surface area (TPSA) is 88.1 Å². The Morgan fingerprint density at radius 1 is 1.06 bits per heavy atom. The largest absolute Gasteiger partial charge is 0.465 e. The van der Waals surface area contributed by atoms with Gasteiger partial charge in [-0.2, -0.15) is 13.2 Å². The molecule has 0 amide bonds. The molecule has 6 atom stereocenters. The molecule has 4 aliphatic rings. The normalized spacial score (nSPS) is 33.8. The van der Waals surface area contributed by atoms with E-state index in [0.29, 0.717) is 19.6 Å². The van der Waals surface area contributed by atoms with E-state index in [9.17, 15) is 36.3 Å². The Morgan fingerprint density at radius 2 is 1.76 bits per heavy atom. The molecule has 0 aromatic rings. The number of alkyl halides is 5. The number of halogens is 5. The van der Waals surface area contributed by atoms with Gasteiger partial charge in [-0.05, 0) is 25.2 Å². The lowest BCUT2D eigenvalue weighted by Gasteiger charge is -2.31. The highest BCUT2D eigenvalue weighted by molar-refractivity contribution is 5.86. The summed E-state index contributed by atoms with van der Waals surface area (Å²) in [6.07, 6.45) is -8.16. The van der Waals surface area contributed by atoms with Gasteiger partial charge in [0.1, 0.15) is 18.6 Å². The first-order valence-electron chi connectivity index (χ1n) is 11.0. The molecule has 7 nitrogen and oxygen atoms in total. The summed E-state index contributed by atoms with van der Waals surface area (Å²) in [5, 5.41) is 0. The second-order valence-corrected chi connectivity index (χ2v) is 9.30. The number of carbonyl (C=O) groups is 3. The molecular weight excluding hydrogens is 459 g/mol. The van der Waals surface area contributed by atoms with Crippen LogP contribution in [-0.2, 0) is 33.3 Å². The van der Waals surface area contributed by atoms with Crippen LogP contribution < -0.4 is 0 Å². The molecule has 0 aromatic carbocycles. The highest BCUT2D eigenvalue weighted by atomic mass is 19.4. The predicted octanol–water partition coefficient (Wildman–Crippen LogP) is 3.04. The Balaban J connectivity index is 1.35. The molecule has 186 valence electrons. The summed E-state index contributed by atoms with van der Waals surface area (Å²) in [5.41, 5.74) is 0. The van der Waals surface area contributed by atoms with Crippen LogP contribution in [0.4, 0.5) is 22.0 Å². The third-order valence-corrected chi connectivity index (χ3v) is 7.05. The van der Waals surface area contributed by atoms with Crippen LogP contribution in [0.2, 0.25) is 0 Å². The number of hydrogen-bond acceptors (Lipinski definition) is 7. The van der Waals surface area contributed by atoms with Gasteiger partial charge in [-0.1, -0.05) is 0 Å². The van der Waals surface area contributed by atoms with Crippen LogP contribution in [0.1, 0.15) is 38.5 Å². The highest BCUT2D eigenvalue weighted by Gasteiger charge is 2.70. The van der Waals surface area contributed by atoms with Gasteiger partial charge in [0, 0.05) is 37.9 Å². The monoisotopic (exact) mass is 484 g/mol. The Kier molecular flexibility index (Phi) is 6.58. The minimum Gasteiger partial charge on any atom is -0.465 e. The minimum absolute atomic E-state index is 0.114. The Morgan fingerprint density at radius 3 is 2.42 bits per heavy atom. The molecule has 0 spiro atoms. The van der Waals surface area contributed by atoms with E-state index in [4.69, 9.17) is 18.9 Å². The summed E-state index contributed by atoms with van der Waals surface area (Å²) in [5.74, 6) is -8.83. The van der Waals surface area contributed by atoms with E-state index in [1.54, 1.807) is 0 Å². The Hall–Kier alpha value is -1.98. The SMILES string of the molecule is O=C(CC1CCOCC1)OC1C2CC3C1OC(=O)C3C2C(=O)OCCC(F)(F)CC(F)(F)F. The lowest BCUT2D eigenvalue weighted by atomic mass is 9.78. The van der Waals surface area contributed by atoms with E-state index in [0.717, 1.165) is 12.8 Å². The van der Waals surface area contributed by atoms with Crippen molar-refractivity contribution in [1.29, 1.82) is 0 Å². The van der Waals surface area contributed by atoms with Crippen molar-refractivity contribution in [1.82, 2.24) is 0 Å². The van der Waals surface area contributed by atoms with Crippen molar-refractivity contribution < 1.29 is 55.3 Å². The second kappa shape index (κ2) is 8.99. The first-order chi connectivity index (χ1) is 15.5. The summed E-state index contributed by atoms with van der Waals surface area (Å²) in [6, 6.07) is 0. The van der Waals surface area contributed by atoms with E-state index < -0.39 is 79.4 Å². The smallest absolute Gasteiger partial charge is 0.394 e. The quantitative estimate of drug-likeness (QED) is 0.297. The average molecular weight is 484 g/mol. The Labute approximate surface area is 186 Å². The van der Waals surface area contributed by atoms with E-state index in [1.165, 1.54) is 0 Å². The van der Waals surface area contributed by atoms with Gasteiger partial charge in [0.15, 0.2) is 0 Å². The predicted molar refractivity (Wildman–Crippen MR) is 97.7 cm³/mol. The number of rotatable bonds is 8. The van der Waals surface area contributed by atoms with E-state index in [1.807, 2.05) is 0 Å². The summed E-state index contributed by atoms with van der Waals surface area (Å²) >= 11 is 0. The van der Waals surface area contributed by atoms with E-state index in [2.05, 4.69) is 0 Å². The molecule has 0 N–H and O–H groups in total. The molecule has 6 unspecified atom stereocenters. The molecule has 12 heteroatoms. The molecule has 33 heavy (non-hydrogen) atoms. The molecule has 2 saturated heterocycles.